The lowest BCUT2D eigenvalue weighted by atomic mass is 9.92. The fourth-order valence-electron chi connectivity index (χ4n) is 2.57. The minimum Gasteiger partial charge on any atom is -0.451 e. The van der Waals surface area contributed by atoms with Gasteiger partial charge in [-0.15, -0.1) is 0 Å². The molecule has 2 bridgehead atoms. The molecule has 2 rings (SSSR count). The molecule has 0 saturated heterocycles. The third kappa shape index (κ3) is 1.29. The lowest BCUT2D eigenvalue weighted by molar-refractivity contribution is -0.150. The third-order valence-electron chi connectivity index (χ3n) is 3.39. The summed E-state index contributed by atoms with van der Waals surface area (Å²) in [6, 6.07) is 0. The summed E-state index contributed by atoms with van der Waals surface area (Å²) in [5.74, 6) is 0.425. The van der Waals surface area contributed by atoms with Crippen LogP contribution in [0.3, 0.4) is 0 Å². The number of rotatable bonds is 2. The molecule has 2 fully saturated rings. The predicted molar refractivity (Wildman–Crippen MR) is 54.7 cm³/mol. The van der Waals surface area contributed by atoms with E-state index in [0.29, 0.717) is 11.5 Å². The number of hydrogen-bond donors (Lipinski definition) is 0. The van der Waals surface area contributed by atoms with Gasteiger partial charge in [0.1, 0.15) is 5.60 Å². The van der Waals surface area contributed by atoms with E-state index in [1.54, 1.807) is 6.92 Å². The van der Waals surface area contributed by atoms with Gasteiger partial charge in [0, 0.05) is 5.57 Å². The van der Waals surface area contributed by atoms with E-state index >= 15 is 0 Å². The third-order valence-corrected chi connectivity index (χ3v) is 3.39. The Morgan fingerprint density at radius 3 is 2.79 bits per heavy atom. The summed E-state index contributed by atoms with van der Waals surface area (Å²) in [7, 11) is 0. The van der Waals surface area contributed by atoms with E-state index in [1.165, 1.54) is 6.42 Å². The van der Waals surface area contributed by atoms with Gasteiger partial charge < -0.3 is 4.74 Å². The SMILES string of the molecule is C=C(C)C(=O)OC12CCC(CC1=C)C2. The molecule has 0 aromatic heterocycles. The highest BCUT2D eigenvalue weighted by Crippen LogP contribution is 2.52. The van der Waals surface area contributed by atoms with E-state index in [4.69, 9.17) is 4.74 Å². The summed E-state index contributed by atoms with van der Waals surface area (Å²) in [6.45, 7) is 9.30. The first kappa shape index (κ1) is 9.50. The van der Waals surface area contributed by atoms with E-state index in [9.17, 15) is 4.79 Å². The van der Waals surface area contributed by atoms with Crippen LogP contribution in [0.1, 0.15) is 32.6 Å². The van der Waals surface area contributed by atoms with Gasteiger partial charge in [0.25, 0.3) is 0 Å². The number of carbonyl (C=O) groups is 1. The van der Waals surface area contributed by atoms with Crippen LogP contribution in [-0.4, -0.2) is 11.6 Å². The molecule has 0 N–H and O–H groups in total. The first-order chi connectivity index (χ1) is 6.53. The van der Waals surface area contributed by atoms with E-state index in [2.05, 4.69) is 13.2 Å². The predicted octanol–water partition coefficient (Wildman–Crippen LogP) is 2.60. The minimum absolute atomic E-state index is 0.270. The zero-order valence-corrected chi connectivity index (χ0v) is 8.64. The molecule has 2 atom stereocenters. The van der Waals surface area contributed by atoms with Gasteiger partial charge in [-0.3, -0.25) is 0 Å². The van der Waals surface area contributed by atoms with E-state index in [0.717, 1.165) is 24.8 Å². The molecule has 14 heavy (non-hydrogen) atoms. The highest BCUT2D eigenvalue weighted by molar-refractivity contribution is 5.87. The fraction of sp³-hybridized carbons (Fsp3) is 0.583. The Morgan fingerprint density at radius 2 is 2.36 bits per heavy atom. The second kappa shape index (κ2) is 2.97. The molecule has 0 aromatic rings. The fourth-order valence-corrected chi connectivity index (χ4v) is 2.57. The lowest BCUT2D eigenvalue weighted by Gasteiger charge is -2.28. The second-order valence-corrected chi connectivity index (χ2v) is 4.58. The van der Waals surface area contributed by atoms with Crippen LogP contribution in [0.2, 0.25) is 0 Å². The average molecular weight is 192 g/mol. The van der Waals surface area contributed by atoms with Crippen molar-refractivity contribution in [2.24, 2.45) is 5.92 Å². The maximum absolute atomic E-state index is 11.5. The topological polar surface area (TPSA) is 26.3 Å². The minimum atomic E-state index is -0.333. The van der Waals surface area contributed by atoms with Crippen LogP contribution in [0.5, 0.6) is 0 Å². The van der Waals surface area contributed by atoms with Crippen molar-refractivity contribution in [3.05, 3.63) is 24.3 Å². The molecule has 0 amide bonds. The number of ether oxygens (including phenoxy) is 1. The van der Waals surface area contributed by atoms with Gasteiger partial charge >= 0.3 is 5.97 Å². The van der Waals surface area contributed by atoms with Crippen molar-refractivity contribution in [3.63, 3.8) is 0 Å². The van der Waals surface area contributed by atoms with E-state index in [1.807, 2.05) is 0 Å². The van der Waals surface area contributed by atoms with Gasteiger partial charge in [0.2, 0.25) is 0 Å². The molecule has 2 saturated carbocycles. The van der Waals surface area contributed by atoms with Gasteiger partial charge in [-0.25, -0.2) is 4.79 Å². The normalized spacial score (nSPS) is 34.6. The van der Waals surface area contributed by atoms with Crippen LogP contribution in [-0.2, 0) is 9.53 Å². The molecular weight excluding hydrogens is 176 g/mol. The molecule has 0 heterocycles. The zero-order valence-electron chi connectivity index (χ0n) is 8.64. The number of fused-ring (bicyclic) bond motifs is 2. The van der Waals surface area contributed by atoms with Crippen molar-refractivity contribution in [2.75, 3.05) is 0 Å². The summed E-state index contributed by atoms with van der Waals surface area (Å²) >= 11 is 0. The van der Waals surface area contributed by atoms with Gasteiger partial charge in [0.05, 0.1) is 0 Å². The molecular formula is C12H16O2. The maximum Gasteiger partial charge on any atom is 0.333 e. The Kier molecular flexibility index (Phi) is 2.02. The molecule has 2 aliphatic rings. The Balaban J connectivity index is 2.13. The highest BCUT2D eigenvalue weighted by atomic mass is 16.6. The standard InChI is InChI=1S/C12H16O2/c1-8(2)11(13)14-12-5-4-10(7-12)6-9(12)3/h10H,1,3-7H2,2H3. The van der Waals surface area contributed by atoms with Crippen LogP contribution in [0.4, 0.5) is 0 Å². The molecule has 0 aromatic carbocycles. The van der Waals surface area contributed by atoms with Crippen LogP contribution in [0.15, 0.2) is 24.3 Å². The van der Waals surface area contributed by atoms with Crippen molar-refractivity contribution in [3.8, 4) is 0 Å². The molecule has 0 aliphatic heterocycles. The molecule has 0 radical (unpaired) electrons. The van der Waals surface area contributed by atoms with Crippen LogP contribution >= 0.6 is 0 Å². The highest BCUT2D eigenvalue weighted by Gasteiger charge is 2.50. The Morgan fingerprint density at radius 1 is 1.64 bits per heavy atom. The number of carbonyl (C=O) groups excluding carboxylic acids is 1. The lowest BCUT2D eigenvalue weighted by Crippen LogP contribution is -2.32. The monoisotopic (exact) mass is 192 g/mol. The molecule has 2 unspecified atom stereocenters. The molecule has 0 spiro atoms. The van der Waals surface area contributed by atoms with Gasteiger partial charge in [0.15, 0.2) is 0 Å². The molecule has 2 aliphatic carbocycles. The maximum atomic E-state index is 11.5. The van der Waals surface area contributed by atoms with E-state index < -0.39 is 0 Å². The molecule has 2 nitrogen and oxygen atoms in total. The average Bonchev–Trinajstić information content (AvgIpc) is 2.60. The van der Waals surface area contributed by atoms with Crippen molar-refractivity contribution < 1.29 is 9.53 Å². The van der Waals surface area contributed by atoms with Crippen LogP contribution in [0, 0.1) is 5.92 Å². The van der Waals surface area contributed by atoms with Crippen LogP contribution < -0.4 is 0 Å². The first-order valence-corrected chi connectivity index (χ1v) is 5.10. The van der Waals surface area contributed by atoms with Crippen LogP contribution in [0.25, 0.3) is 0 Å². The van der Waals surface area contributed by atoms with E-state index in [-0.39, 0.29) is 11.6 Å². The van der Waals surface area contributed by atoms with Gasteiger partial charge in [-0.05, 0) is 44.1 Å². The Labute approximate surface area is 84.6 Å². The van der Waals surface area contributed by atoms with Crippen molar-refractivity contribution in [1.82, 2.24) is 0 Å². The smallest absolute Gasteiger partial charge is 0.333 e. The second-order valence-electron chi connectivity index (χ2n) is 4.58. The summed E-state index contributed by atoms with van der Waals surface area (Å²) in [5.41, 5.74) is 1.24. The molecule has 2 heteroatoms. The van der Waals surface area contributed by atoms with Gasteiger partial charge in [-0.2, -0.15) is 0 Å². The summed E-state index contributed by atoms with van der Waals surface area (Å²) < 4.78 is 5.53. The quantitative estimate of drug-likeness (QED) is 0.382. The zero-order chi connectivity index (χ0) is 10.3. The molecule has 76 valence electrons. The Bertz CT molecular complexity index is 316. The number of esters is 1. The summed E-state index contributed by atoms with van der Waals surface area (Å²) in [5, 5.41) is 0. The summed E-state index contributed by atoms with van der Waals surface area (Å²) in [6.07, 6.45) is 4.13. The van der Waals surface area contributed by atoms with Crippen molar-refractivity contribution in [1.29, 1.82) is 0 Å². The van der Waals surface area contributed by atoms with Gasteiger partial charge in [-0.1, -0.05) is 13.2 Å². The van der Waals surface area contributed by atoms with Crippen molar-refractivity contribution in [2.45, 2.75) is 38.2 Å². The van der Waals surface area contributed by atoms with Crippen molar-refractivity contribution >= 4 is 5.97 Å². The Hall–Kier alpha value is -1.05. The summed E-state index contributed by atoms with van der Waals surface area (Å²) in [4.78, 5) is 11.5. The first-order valence-electron chi connectivity index (χ1n) is 5.10. The largest absolute Gasteiger partial charge is 0.451 e. The number of hydrogen-bond acceptors (Lipinski definition) is 2.